The molecule has 1 aliphatic rings. The van der Waals surface area contributed by atoms with E-state index in [1.165, 1.54) is 24.2 Å². The molecule has 110 valence electrons. The molecule has 5 heteroatoms. The largest absolute Gasteiger partial charge is 0.349 e. The van der Waals surface area contributed by atoms with Gasteiger partial charge in [-0.15, -0.1) is 11.3 Å². The van der Waals surface area contributed by atoms with Crippen molar-refractivity contribution in [3.63, 3.8) is 0 Å². The molecule has 1 amide bonds. The molecule has 1 N–H and O–H groups in total. The van der Waals surface area contributed by atoms with Crippen LogP contribution in [0, 0.1) is 12.8 Å². The molecular weight excluding hydrogens is 304 g/mol. The minimum absolute atomic E-state index is 0.0160. The van der Waals surface area contributed by atoms with Gasteiger partial charge in [0.1, 0.15) is 9.88 Å². The van der Waals surface area contributed by atoms with Crippen LogP contribution in [-0.4, -0.2) is 16.9 Å². The lowest BCUT2D eigenvalue weighted by molar-refractivity contribution is 0.0939. The summed E-state index contributed by atoms with van der Waals surface area (Å²) < 4.78 is 0. The third-order valence-corrected chi connectivity index (χ3v) is 5.20. The molecule has 3 rings (SSSR count). The van der Waals surface area contributed by atoms with Crippen LogP contribution >= 0.6 is 22.9 Å². The third kappa shape index (κ3) is 3.27. The van der Waals surface area contributed by atoms with Crippen molar-refractivity contribution in [2.45, 2.75) is 32.7 Å². The molecule has 0 spiro atoms. The van der Waals surface area contributed by atoms with Crippen LogP contribution in [0.5, 0.6) is 0 Å². The van der Waals surface area contributed by atoms with Crippen LogP contribution in [-0.2, 0) is 0 Å². The molecule has 21 heavy (non-hydrogen) atoms. The van der Waals surface area contributed by atoms with Crippen molar-refractivity contribution in [1.29, 1.82) is 0 Å². The normalized spacial score (nSPS) is 15.8. The molecule has 0 bridgehead atoms. The summed E-state index contributed by atoms with van der Waals surface area (Å²) in [6.07, 6.45) is 2.44. The van der Waals surface area contributed by atoms with Crippen LogP contribution in [0.25, 0.3) is 10.6 Å². The monoisotopic (exact) mass is 320 g/mol. The average Bonchev–Trinajstić information content (AvgIpc) is 3.21. The van der Waals surface area contributed by atoms with Crippen molar-refractivity contribution >= 4 is 28.8 Å². The maximum absolute atomic E-state index is 12.4. The van der Waals surface area contributed by atoms with Crippen molar-refractivity contribution in [2.24, 2.45) is 5.92 Å². The van der Waals surface area contributed by atoms with Gasteiger partial charge in [0, 0.05) is 16.6 Å². The van der Waals surface area contributed by atoms with Gasteiger partial charge >= 0.3 is 0 Å². The highest BCUT2D eigenvalue weighted by molar-refractivity contribution is 7.17. The molecular formula is C16H17ClN2OS. The summed E-state index contributed by atoms with van der Waals surface area (Å²) in [7, 11) is 0. The van der Waals surface area contributed by atoms with Gasteiger partial charge in [-0.05, 0) is 44.7 Å². The molecule has 1 atom stereocenters. The summed E-state index contributed by atoms with van der Waals surface area (Å²) in [5.74, 6) is 0.632. The Bertz CT molecular complexity index is 679. The van der Waals surface area contributed by atoms with Crippen LogP contribution < -0.4 is 5.32 Å². The molecule has 1 saturated carbocycles. The molecule has 1 fully saturated rings. The highest BCUT2D eigenvalue weighted by atomic mass is 35.5. The summed E-state index contributed by atoms with van der Waals surface area (Å²) in [5.41, 5.74) is 1.72. The Balaban J connectivity index is 1.82. The number of nitrogens with zero attached hydrogens (tertiary/aromatic N) is 1. The topological polar surface area (TPSA) is 42.0 Å². The van der Waals surface area contributed by atoms with E-state index in [-0.39, 0.29) is 11.9 Å². The first kappa shape index (κ1) is 14.5. The molecule has 0 saturated heterocycles. The van der Waals surface area contributed by atoms with Gasteiger partial charge in [0.2, 0.25) is 0 Å². The summed E-state index contributed by atoms with van der Waals surface area (Å²) in [6.45, 7) is 3.95. The highest BCUT2D eigenvalue weighted by Crippen LogP contribution is 2.33. The summed E-state index contributed by atoms with van der Waals surface area (Å²) in [4.78, 5) is 17.6. The molecule has 0 aliphatic heterocycles. The van der Waals surface area contributed by atoms with Crippen LogP contribution in [0.2, 0.25) is 5.02 Å². The maximum atomic E-state index is 12.4. The molecule has 1 aliphatic carbocycles. The van der Waals surface area contributed by atoms with Crippen molar-refractivity contribution in [3.05, 3.63) is 39.9 Å². The van der Waals surface area contributed by atoms with Crippen molar-refractivity contribution < 1.29 is 4.79 Å². The van der Waals surface area contributed by atoms with E-state index in [1.54, 1.807) is 0 Å². The van der Waals surface area contributed by atoms with Gasteiger partial charge in [-0.3, -0.25) is 4.79 Å². The Kier molecular flexibility index (Phi) is 4.00. The fourth-order valence-electron chi connectivity index (χ4n) is 2.34. The fourth-order valence-corrected chi connectivity index (χ4v) is 3.49. The first-order chi connectivity index (χ1) is 10.0. The van der Waals surface area contributed by atoms with Gasteiger partial charge in [0.15, 0.2) is 0 Å². The predicted octanol–water partition coefficient (Wildman–Crippen LogP) is 4.30. The first-order valence-electron chi connectivity index (χ1n) is 7.09. The van der Waals surface area contributed by atoms with E-state index in [0.29, 0.717) is 15.8 Å². The molecule has 1 heterocycles. The summed E-state index contributed by atoms with van der Waals surface area (Å²) >= 11 is 7.43. The maximum Gasteiger partial charge on any atom is 0.263 e. The second kappa shape index (κ2) is 5.78. The average molecular weight is 321 g/mol. The number of carbonyl (C=O) groups is 1. The number of aryl methyl sites for hydroxylation is 1. The first-order valence-corrected chi connectivity index (χ1v) is 8.28. The van der Waals surface area contributed by atoms with Gasteiger partial charge in [0.25, 0.3) is 5.91 Å². The predicted molar refractivity (Wildman–Crippen MR) is 86.9 cm³/mol. The number of benzene rings is 1. The van der Waals surface area contributed by atoms with Crippen LogP contribution in [0.1, 0.15) is 35.1 Å². The number of hydrogen-bond acceptors (Lipinski definition) is 3. The zero-order chi connectivity index (χ0) is 15.0. The molecule has 1 aromatic heterocycles. The van der Waals surface area contributed by atoms with E-state index < -0.39 is 0 Å². The summed E-state index contributed by atoms with van der Waals surface area (Å²) in [6, 6.07) is 7.79. The SMILES string of the molecule is Cc1nc(-c2cccc(Cl)c2)sc1C(=O)NC(C)C1CC1. The second-order valence-corrected chi connectivity index (χ2v) is 6.98. The number of rotatable bonds is 4. The number of nitrogens with one attached hydrogen (secondary N) is 1. The number of aromatic nitrogens is 1. The number of hydrogen-bond donors (Lipinski definition) is 1. The fraction of sp³-hybridized carbons (Fsp3) is 0.375. The molecule has 1 aromatic carbocycles. The van der Waals surface area contributed by atoms with Gasteiger partial charge in [-0.2, -0.15) is 0 Å². The number of carbonyl (C=O) groups excluding carboxylic acids is 1. The lowest BCUT2D eigenvalue weighted by Crippen LogP contribution is -2.33. The Morgan fingerprint density at radius 1 is 1.48 bits per heavy atom. The van der Waals surface area contributed by atoms with E-state index in [4.69, 9.17) is 11.6 Å². The standard InChI is InChI=1S/C16H17ClN2OS/c1-9(11-6-7-11)18-15(20)14-10(2)19-16(21-14)12-4-3-5-13(17)8-12/h3-5,8-9,11H,6-7H2,1-2H3,(H,18,20). The van der Waals surface area contributed by atoms with Gasteiger partial charge in [-0.1, -0.05) is 23.7 Å². The zero-order valence-electron chi connectivity index (χ0n) is 12.0. The summed E-state index contributed by atoms with van der Waals surface area (Å²) in [5, 5.41) is 4.59. The zero-order valence-corrected chi connectivity index (χ0v) is 13.6. The van der Waals surface area contributed by atoms with Crippen molar-refractivity contribution in [2.75, 3.05) is 0 Å². The number of amides is 1. The number of thiazole rings is 1. The second-order valence-electron chi connectivity index (χ2n) is 5.54. The molecule has 2 aromatic rings. The smallest absolute Gasteiger partial charge is 0.263 e. The lowest BCUT2D eigenvalue weighted by atomic mass is 10.2. The van der Waals surface area contributed by atoms with Crippen molar-refractivity contribution in [3.8, 4) is 10.6 Å². The van der Waals surface area contributed by atoms with Crippen LogP contribution in [0.3, 0.4) is 0 Å². The van der Waals surface area contributed by atoms with Gasteiger partial charge in [-0.25, -0.2) is 4.98 Å². The molecule has 3 nitrogen and oxygen atoms in total. The third-order valence-electron chi connectivity index (χ3n) is 3.76. The minimum atomic E-state index is -0.0160. The lowest BCUT2D eigenvalue weighted by Gasteiger charge is -2.11. The Morgan fingerprint density at radius 2 is 2.24 bits per heavy atom. The Hall–Kier alpha value is -1.39. The van der Waals surface area contributed by atoms with Crippen molar-refractivity contribution in [1.82, 2.24) is 10.3 Å². The van der Waals surface area contributed by atoms with E-state index in [9.17, 15) is 4.79 Å². The molecule has 1 unspecified atom stereocenters. The van der Waals surface area contributed by atoms with Crippen LogP contribution in [0.15, 0.2) is 24.3 Å². The Labute approximate surface area is 133 Å². The Morgan fingerprint density at radius 3 is 2.90 bits per heavy atom. The quantitative estimate of drug-likeness (QED) is 0.912. The molecule has 0 radical (unpaired) electrons. The van der Waals surface area contributed by atoms with Crippen LogP contribution in [0.4, 0.5) is 0 Å². The number of halogens is 1. The van der Waals surface area contributed by atoms with E-state index in [1.807, 2.05) is 31.2 Å². The van der Waals surface area contributed by atoms with E-state index in [0.717, 1.165) is 16.3 Å². The van der Waals surface area contributed by atoms with E-state index in [2.05, 4.69) is 17.2 Å². The minimum Gasteiger partial charge on any atom is -0.349 e. The van der Waals surface area contributed by atoms with Gasteiger partial charge in [0.05, 0.1) is 5.69 Å². The highest BCUT2D eigenvalue weighted by Gasteiger charge is 2.29. The van der Waals surface area contributed by atoms with E-state index >= 15 is 0 Å². The van der Waals surface area contributed by atoms with Gasteiger partial charge < -0.3 is 5.32 Å².